The molecule has 0 radical (unpaired) electrons. The highest BCUT2D eigenvalue weighted by atomic mass is 16.5. The maximum atomic E-state index is 12.4. The molecule has 0 saturated heterocycles. The molecule has 0 aromatic heterocycles. The molecule has 0 spiro atoms. The predicted octanol–water partition coefficient (Wildman–Crippen LogP) is 0.937. The molecule has 2 N–H and O–H groups in total. The molecule has 1 rings (SSSR count). The zero-order chi connectivity index (χ0) is 14.4. The number of carbonyl (C=O) groups excluding carboxylic acids is 2. The number of hydrogen-bond donors (Lipinski definition) is 1. The molecule has 108 valence electrons. The third-order valence-electron chi connectivity index (χ3n) is 2.96. The van der Waals surface area contributed by atoms with Crippen molar-refractivity contribution in [2.75, 3.05) is 19.7 Å². The van der Waals surface area contributed by atoms with E-state index in [1.165, 1.54) is 0 Å². The van der Waals surface area contributed by atoms with Gasteiger partial charge in [-0.25, -0.2) is 0 Å². The summed E-state index contributed by atoms with van der Waals surface area (Å²) in [6.07, 6.45) is 4.31. The molecule has 5 nitrogen and oxygen atoms in total. The van der Waals surface area contributed by atoms with E-state index >= 15 is 0 Å². The first-order valence-electron chi connectivity index (χ1n) is 6.82. The van der Waals surface area contributed by atoms with Crippen molar-refractivity contribution in [2.24, 2.45) is 17.6 Å². The van der Waals surface area contributed by atoms with Crippen molar-refractivity contribution < 1.29 is 14.3 Å². The summed E-state index contributed by atoms with van der Waals surface area (Å²) in [4.78, 5) is 25.5. The summed E-state index contributed by atoms with van der Waals surface area (Å²) in [6, 6.07) is -0.0579. The Hall–Kier alpha value is -1.36. The van der Waals surface area contributed by atoms with Gasteiger partial charge in [0.1, 0.15) is 6.54 Å². The fourth-order valence-electron chi connectivity index (χ4n) is 2.18. The van der Waals surface area contributed by atoms with Crippen molar-refractivity contribution in [3.63, 3.8) is 0 Å². The van der Waals surface area contributed by atoms with Crippen molar-refractivity contribution in [3.05, 3.63) is 12.2 Å². The lowest BCUT2D eigenvalue weighted by atomic mass is 10.1. The van der Waals surface area contributed by atoms with Gasteiger partial charge in [-0.1, -0.05) is 26.0 Å². The standard InChI is InChI=1S/C14H24N2O3/c1-4-19-13(17)9-16(8-10(2)3)14(18)11-5-6-12(15)7-11/h5-6,10-12H,4,7-9,15H2,1-3H3. The van der Waals surface area contributed by atoms with Crippen molar-refractivity contribution >= 4 is 11.9 Å². The summed E-state index contributed by atoms with van der Waals surface area (Å²) in [5, 5.41) is 0. The fourth-order valence-corrected chi connectivity index (χ4v) is 2.18. The third kappa shape index (κ3) is 5.03. The zero-order valence-electron chi connectivity index (χ0n) is 12.0. The summed E-state index contributed by atoms with van der Waals surface area (Å²) in [7, 11) is 0. The van der Waals surface area contributed by atoms with Gasteiger partial charge in [0.15, 0.2) is 0 Å². The summed E-state index contributed by atoms with van der Waals surface area (Å²) >= 11 is 0. The summed E-state index contributed by atoms with van der Waals surface area (Å²) in [5.74, 6) is -0.297. The molecule has 0 fully saturated rings. The van der Waals surface area contributed by atoms with Gasteiger partial charge in [0.25, 0.3) is 0 Å². The lowest BCUT2D eigenvalue weighted by molar-refractivity contribution is -0.150. The van der Waals surface area contributed by atoms with Gasteiger partial charge in [0.2, 0.25) is 5.91 Å². The van der Waals surface area contributed by atoms with Crippen LogP contribution in [0.15, 0.2) is 12.2 Å². The average molecular weight is 268 g/mol. The summed E-state index contributed by atoms with van der Waals surface area (Å²) in [5.41, 5.74) is 5.76. The van der Waals surface area contributed by atoms with Crippen LogP contribution in [-0.4, -0.2) is 42.5 Å². The highest BCUT2D eigenvalue weighted by molar-refractivity contribution is 5.85. The molecule has 0 heterocycles. The Labute approximate surface area is 114 Å². The minimum Gasteiger partial charge on any atom is -0.465 e. The second kappa shape index (κ2) is 7.28. The van der Waals surface area contributed by atoms with Crippen LogP contribution in [0.2, 0.25) is 0 Å². The van der Waals surface area contributed by atoms with Crippen LogP contribution in [0.25, 0.3) is 0 Å². The molecular formula is C14H24N2O3. The van der Waals surface area contributed by atoms with Crippen LogP contribution in [-0.2, 0) is 14.3 Å². The van der Waals surface area contributed by atoms with E-state index < -0.39 is 0 Å². The lowest BCUT2D eigenvalue weighted by Gasteiger charge is -2.26. The molecule has 0 saturated carbocycles. The predicted molar refractivity (Wildman–Crippen MR) is 73.3 cm³/mol. The molecule has 1 amide bonds. The number of ether oxygens (including phenoxy) is 1. The topological polar surface area (TPSA) is 72.6 Å². The van der Waals surface area contributed by atoms with Crippen LogP contribution in [0.4, 0.5) is 0 Å². The first-order valence-corrected chi connectivity index (χ1v) is 6.82. The van der Waals surface area contributed by atoms with Gasteiger partial charge in [0, 0.05) is 12.6 Å². The van der Waals surface area contributed by atoms with Gasteiger partial charge in [0.05, 0.1) is 12.5 Å². The highest BCUT2D eigenvalue weighted by Gasteiger charge is 2.28. The van der Waals surface area contributed by atoms with Crippen LogP contribution in [0, 0.1) is 11.8 Å². The van der Waals surface area contributed by atoms with Gasteiger partial charge in [-0.3, -0.25) is 9.59 Å². The Balaban J connectivity index is 2.65. The fraction of sp³-hybridized carbons (Fsp3) is 0.714. The molecule has 1 aliphatic carbocycles. The molecule has 2 unspecified atom stereocenters. The van der Waals surface area contributed by atoms with Gasteiger partial charge >= 0.3 is 5.97 Å². The number of nitrogens with zero attached hydrogens (tertiary/aromatic N) is 1. The van der Waals surface area contributed by atoms with Gasteiger partial charge in [-0.15, -0.1) is 0 Å². The number of amides is 1. The third-order valence-corrected chi connectivity index (χ3v) is 2.96. The number of carbonyl (C=O) groups is 2. The van der Waals surface area contributed by atoms with E-state index in [2.05, 4.69) is 0 Å². The summed E-state index contributed by atoms with van der Waals surface area (Å²) < 4.78 is 4.91. The zero-order valence-corrected chi connectivity index (χ0v) is 12.0. The van der Waals surface area contributed by atoms with E-state index in [0.717, 1.165) is 0 Å². The van der Waals surface area contributed by atoms with Crippen LogP contribution in [0.3, 0.4) is 0 Å². The quantitative estimate of drug-likeness (QED) is 0.575. The van der Waals surface area contributed by atoms with Crippen LogP contribution < -0.4 is 5.73 Å². The van der Waals surface area contributed by atoms with E-state index in [0.29, 0.717) is 25.5 Å². The van der Waals surface area contributed by atoms with Gasteiger partial charge in [-0.2, -0.15) is 0 Å². The molecule has 0 bridgehead atoms. The maximum Gasteiger partial charge on any atom is 0.325 e. The minimum absolute atomic E-state index is 0.0183. The number of hydrogen-bond acceptors (Lipinski definition) is 4. The van der Waals surface area contributed by atoms with Crippen molar-refractivity contribution in [1.29, 1.82) is 0 Å². The second-order valence-electron chi connectivity index (χ2n) is 5.31. The minimum atomic E-state index is -0.359. The van der Waals surface area contributed by atoms with Crippen LogP contribution in [0.5, 0.6) is 0 Å². The Morgan fingerprint density at radius 2 is 2.11 bits per heavy atom. The molecule has 0 aromatic carbocycles. The van der Waals surface area contributed by atoms with Gasteiger partial charge < -0.3 is 15.4 Å². The molecular weight excluding hydrogens is 244 g/mol. The normalized spacial score (nSPS) is 21.7. The SMILES string of the molecule is CCOC(=O)CN(CC(C)C)C(=O)C1C=CC(N)C1. The van der Waals surface area contributed by atoms with E-state index in [4.69, 9.17) is 10.5 Å². The van der Waals surface area contributed by atoms with Crippen molar-refractivity contribution in [1.82, 2.24) is 4.90 Å². The maximum absolute atomic E-state index is 12.4. The number of nitrogens with two attached hydrogens (primary N) is 1. The second-order valence-corrected chi connectivity index (χ2v) is 5.31. The monoisotopic (exact) mass is 268 g/mol. The smallest absolute Gasteiger partial charge is 0.325 e. The van der Waals surface area contributed by atoms with Crippen molar-refractivity contribution in [2.45, 2.75) is 33.2 Å². The molecule has 19 heavy (non-hydrogen) atoms. The number of esters is 1. The lowest BCUT2D eigenvalue weighted by Crippen LogP contribution is -2.42. The largest absolute Gasteiger partial charge is 0.465 e. The first-order chi connectivity index (χ1) is 8.93. The molecule has 1 aliphatic rings. The Bertz CT molecular complexity index is 353. The van der Waals surface area contributed by atoms with E-state index in [9.17, 15) is 9.59 Å². The highest BCUT2D eigenvalue weighted by Crippen LogP contribution is 2.19. The average Bonchev–Trinajstić information content (AvgIpc) is 2.73. The number of rotatable bonds is 6. The van der Waals surface area contributed by atoms with Crippen LogP contribution >= 0.6 is 0 Å². The molecule has 0 aliphatic heterocycles. The Kier molecular flexibility index (Phi) is 6.02. The molecule has 2 atom stereocenters. The van der Waals surface area contributed by atoms with Crippen molar-refractivity contribution in [3.8, 4) is 0 Å². The first kappa shape index (κ1) is 15.7. The molecule has 5 heteroatoms. The summed E-state index contributed by atoms with van der Waals surface area (Å²) in [6.45, 7) is 6.69. The van der Waals surface area contributed by atoms with E-state index in [1.54, 1.807) is 11.8 Å². The Morgan fingerprint density at radius 1 is 1.42 bits per heavy atom. The van der Waals surface area contributed by atoms with Gasteiger partial charge in [-0.05, 0) is 19.3 Å². The molecule has 0 aromatic rings. The van der Waals surface area contributed by atoms with E-state index in [-0.39, 0.29) is 30.4 Å². The van der Waals surface area contributed by atoms with E-state index in [1.807, 2.05) is 26.0 Å². The van der Waals surface area contributed by atoms with Crippen LogP contribution in [0.1, 0.15) is 27.2 Å². The Morgan fingerprint density at radius 3 is 2.58 bits per heavy atom.